The number of fused-ring (bicyclic) bond motifs is 2. The Hall–Kier alpha value is -3.81. The molecule has 0 saturated heterocycles. The Morgan fingerprint density at radius 1 is 1.04 bits per heavy atom. The first-order valence-electron chi connectivity index (χ1n) is 16.7. The molecule has 1 saturated carbocycles. The molecule has 0 aromatic carbocycles. The highest BCUT2D eigenvalue weighted by Gasteiger charge is 2.49. The molecule has 3 aromatic heterocycles. The molecular weight excluding hydrogens is 578 g/mol. The molecule has 1 N–H and O–H groups in total. The standard InChI is InChI=1S/C35H51N9O2/c1-14-23-25(30-38-27(18(2)3)41-44(30)40-23)37-28-20(17-36)24(29-39-32(35(11,12)13)42-43(28)29)31(45)46-26-21(33(5,6)7)15-19(4)16-22(26)34(8,9)10/h18-19,21-22,26H,14-16H2,1-13H3,(H,38,41)/b37-28-. The Kier molecular flexibility index (Phi) is 8.36. The number of nitrogens with one attached hydrogen (secondary N) is 1. The molecule has 46 heavy (non-hydrogen) atoms. The third-order valence-electron chi connectivity index (χ3n) is 9.53. The van der Waals surface area contributed by atoms with Gasteiger partial charge >= 0.3 is 5.97 Å². The first kappa shape index (κ1) is 33.6. The minimum absolute atomic E-state index is 0.0828. The van der Waals surface area contributed by atoms with Gasteiger partial charge in [0.15, 0.2) is 23.1 Å². The molecule has 1 aliphatic carbocycles. The van der Waals surface area contributed by atoms with Crippen LogP contribution in [0.1, 0.15) is 132 Å². The highest BCUT2D eigenvalue weighted by atomic mass is 16.5. The summed E-state index contributed by atoms with van der Waals surface area (Å²) in [7, 11) is 0. The van der Waals surface area contributed by atoms with Crippen LogP contribution in [0, 0.1) is 39.9 Å². The SMILES string of the molecule is CCc1nn2nc(C(C)C)[nH]c2c1/N=C1/C(C#N)=C(C(=O)OC2C(C(C)(C)C)CC(C)CC2C(C)(C)C)c2nc(C(C)(C)C)nn21. The van der Waals surface area contributed by atoms with Crippen molar-refractivity contribution in [1.29, 1.82) is 5.26 Å². The molecular formula is C35H51N9O2. The van der Waals surface area contributed by atoms with Gasteiger partial charge < -0.3 is 9.72 Å². The van der Waals surface area contributed by atoms with Crippen LogP contribution in [0.2, 0.25) is 0 Å². The van der Waals surface area contributed by atoms with E-state index in [4.69, 9.17) is 19.8 Å². The number of carbonyl (C=O) groups is 1. The van der Waals surface area contributed by atoms with E-state index in [0.717, 1.165) is 18.7 Å². The van der Waals surface area contributed by atoms with Gasteiger partial charge in [0, 0.05) is 23.2 Å². The van der Waals surface area contributed by atoms with Crippen LogP contribution in [0.5, 0.6) is 0 Å². The second-order valence-electron chi connectivity index (χ2n) is 16.8. The van der Waals surface area contributed by atoms with Crippen LogP contribution in [0.25, 0.3) is 11.2 Å². The quantitative estimate of drug-likeness (QED) is 0.295. The van der Waals surface area contributed by atoms with Crippen molar-refractivity contribution in [1.82, 2.24) is 34.6 Å². The molecule has 4 heterocycles. The summed E-state index contributed by atoms with van der Waals surface area (Å²) >= 11 is 0. The summed E-state index contributed by atoms with van der Waals surface area (Å²) in [6.45, 7) is 27.8. The fourth-order valence-electron chi connectivity index (χ4n) is 6.82. The number of carbonyl (C=O) groups excluding carboxylic acids is 1. The molecule has 2 atom stereocenters. The van der Waals surface area contributed by atoms with Crippen molar-refractivity contribution in [2.24, 2.45) is 33.6 Å². The number of nitriles is 1. The molecule has 3 aromatic rings. The Morgan fingerprint density at radius 2 is 1.65 bits per heavy atom. The van der Waals surface area contributed by atoms with Crippen molar-refractivity contribution in [2.75, 3.05) is 0 Å². The summed E-state index contributed by atoms with van der Waals surface area (Å²) in [5.74, 6) is 2.24. The molecule has 0 radical (unpaired) electrons. The average molecular weight is 630 g/mol. The highest BCUT2D eigenvalue weighted by molar-refractivity contribution is 6.30. The van der Waals surface area contributed by atoms with Gasteiger partial charge in [-0.25, -0.2) is 14.8 Å². The van der Waals surface area contributed by atoms with Gasteiger partial charge in [-0.2, -0.15) is 15.0 Å². The van der Waals surface area contributed by atoms with Gasteiger partial charge in [-0.15, -0.1) is 14.8 Å². The lowest BCUT2D eigenvalue weighted by molar-refractivity contribution is -0.162. The lowest BCUT2D eigenvalue weighted by atomic mass is 9.59. The normalized spacial score (nSPS) is 23.5. The lowest BCUT2D eigenvalue weighted by Crippen LogP contribution is -2.49. The van der Waals surface area contributed by atoms with Crippen molar-refractivity contribution in [3.8, 4) is 6.07 Å². The number of H-pyrrole nitrogens is 1. The van der Waals surface area contributed by atoms with Crippen LogP contribution >= 0.6 is 0 Å². The number of hydrogen-bond donors (Lipinski definition) is 1. The van der Waals surface area contributed by atoms with Gasteiger partial charge in [-0.3, -0.25) is 0 Å². The summed E-state index contributed by atoms with van der Waals surface area (Å²) in [6, 6.07) is 2.28. The number of esters is 1. The Balaban J connectivity index is 1.69. The van der Waals surface area contributed by atoms with E-state index in [1.54, 1.807) is 4.63 Å². The maximum atomic E-state index is 14.5. The number of aromatic amines is 1. The summed E-state index contributed by atoms with van der Waals surface area (Å²) in [4.78, 5) is 27.7. The zero-order valence-corrected chi connectivity index (χ0v) is 29.9. The molecule has 11 heteroatoms. The van der Waals surface area contributed by atoms with Crippen LogP contribution in [-0.4, -0.2) is 52.5 Å². The van der Waals surface area contributed by atoms with Crippen molar-refractivity contribution in [3.63, 3.8) is 0 Å². The zero-order chi connectivity index (χ0) is 34.1. The Labute approximate surface area is 272 Å². The number of aromatic nitrogens is 7. The molecule has 0 spiro atoms. The zero-order valence-electron chi connectivity index (χ0n) is 29.9. The Morgan fingerprint density at radius 3 is 2.15 bits per heavy atom. The van der Waals surface area contributed by atoms with Gasteiger partial charge in [0.1, 0.15) is 34.8 Å². The van der Waals surface area contributed by atoms with E-state index in [-0.39, 0.29) is 57.5 Å². The number of aliphatic imine (C=N–C) groups is 1. The summed E-state index contributed by atoms with van der Waals surface area (Å²) in [5, 5.41) is 24.7. The number of allylic oxidation sites excluding steroid dienone is 1. The molecule has 1 aliphatic heterocycles. The maximum absolute atomic E-state index is 14.5. The smallest absolute Gasteiger partial charge is 0.343 e. The highest BCUT2D eigenvalue weighted by Crippen LogP contribution is 2.50. The second-order valence-corrected chi connectivity index (χ2v) is 16.8. The van der Waals surface area contributed by atoms with Crippen molar-refractivity contribution in [3.05, 3.63) is 28.7 Å². The molecule has 2 aliphatic rings. The molecule has 0 amide bonds. The monoisotopic (exact) mass is 629 g/mol. The summed E-state index contributed by atoms with van der Waals surface area (Å²) < 4.78 is 9.68. The van der Waals surface area contributed by atoms with E-state index in [0.29, 0.717) is 35.2 Å². The minimum atomic E-state index is -0.557. The second kappa shape index (κ2) is 11.5. The molecule has 0 bridgehead atoms. The van der Waals surface area contributed by atoms with Gasteiger partial charge in [0.2, 0.25) is 0 Å². The lowest BCUT2D eigenvalue weighted by Gasteiger charge is -2.50. The fraction of sp³-hybridized carbons (Fsp3) is 0.686. The number of hydrogen-bond acceptors (Lipinski definition) is 8. The van der Waals surface area contributed by atoms with E-state index < -0.39 is 11.4 Å². The van der Waals surface area contributed by atoms with Gasteiger partial charge in [0.25, 0.3) is 0 Å². The number of rotatable bonds is 5. The minimum Gasteiger partial charge on any atom is -0.458 e. The first-order chi connectivity index (χ1) is 21.3. The van der Waals surface area contributed by atoms with E-state index in [1.807, 2.05) is 41.5 Å². The summed E-state index contributed by atoms with van der Waals surface area (Å²) in [5.41, 5.74) is 1.52. The van der Waals surface area contributed by atoms with E-state index in [1.165, 1.54) is 4.68 Å². The van der Waals surface area contributed by atoms with Gasteiger partial charge in [0.05, 0.1) is 5.69 Å². The first-order valence-corrected chi connectivity index (χ1v) is 16.7. The van der Waals surface area contributed by atoms with E-state index in [9.17, 15) is 10.1 Å². The molecule has 248 valence electrons. The molecule has 1 fully saturated rings. The van der Waals surface area contributed by atoms with Gasteiger partial charge in [-0.1, -0.05) is 90.0 Å². The van der Waals surface area contributed by atoms with Crippen LogP contribution in [-0.2, 0) is 21.4 Å². The topological polar surface area (TPSA) is 139 Å². The maximum Gasteiger partial charge on any atom is 0.343 e. The third kappa shape index (κ3) is 5.91. The third-order valence-corrected chi connectivity index (χ3v) is 9.53. The van der Waals surface area contributed by atoms with Crippen molar-refractivity contribution < 1.29 is 9.53 Å². The van der Waals surface area contributed by atoms with Crippen LogP contribution < -0.4 is 0 Å². The summed E-state index contributed by atoms with van der Waals surface area (Å²) in [6.07, 6.45) is 2.21. The van der Waals surface area contributed by atoms with E-state index in [2.05, 4.69) is 69.7 Å². The van der Waals surface area contributed by atoms with Crippen LogP contribution in [0.3, 0.4) is 0 Å². The van der Waals surface area contributed by atoms with Crippen molar-refractivity contribution in [2.45, 2.75) is 127 Å². The number of aryl methyl sites for hydroxylation is 1. The van der Waals surface area contributed by atoms with Crippen molar-refractivity contribution >= 4 is 28.7 Å². The number of ether oxygens (including phenoxy) is 1. The number of nitrogens with zero attached hydrogens (tertiary/aromatic N) is 8. The van der Waals surface area contributed by atoms with Crippen LogP contribution in [0.15, 0.2) is 10.6 Å². The van der Waals surface area contributed by atoms with Gasteiger partial charge in [-0.05, 0) is 36.0 Å². The average Bonchev–Trinajstić information content (AvgIpc) is 3.67. The van der Waals surface area contributed by atoms with Crippen LogP contribution in [0.4, 0.5) is 5.69 Å². The molecule has 11 nitrogen and oxygen atoms in total. The molecule has 2 unspecified atom stereocenters. The molecule has 5 rings (SSSR count). The largest absolute Gasteiger partial charge is 0.458 e. The fourth-order valence-corrected chi connectivity index (χ4v) is 6.82. The Bertz CT molecular complexity index is 1730. The predicted octanol–water partition coefficient (Wildman–Crippen LogP) is 7.17. The predicted molar refractivity (Wildman–Crippen MR) is 179 cm³/mol. The van der Waals surface area contributed by atoms with E-state index >= 15 is 0 Å².